The van der Waals surface area contributed by atoms with Crippen LogP contribution in [0.2, 0.25) is 10.0 Å². The zero-order valence-electron chi connectivity index (χ0n) is 12.2. The normalized spacial score (nSPS) is 10.5. The van der Waals surface area contributed by atoms with Crippen LogP contribution in [0.3, 0.4) is 0 Å². The van der Waals surface area contributed by atoms with Crippen molar-refractivity contribution in [1.29, 1.82) is 0 Å². The van der Waals surface area contributed by atoms with Gasteiger partial charge in [0.05, 0.1) is 11.6 Å². The third-order valence-corrected chi connectivity index (χ3v) is 3.67. The highest BCUT2D eigenvalue weighted by molar-refractivity contribution is 6.32. The maximum absolute atomic E-state index is 6.23. The van der Waals surface area contributed by atoms with Gasteiger partial charge in [0.15, 0.2) is 0 Å². The van der Waals surface area contributed by atoms with E-state index in [-0.39, 0.29) is 0 Å². The first kappa shape index (κ1) is 16.0. The van der Waals surface area contributed by atoms with Crippen LogP contribution in [0.1, 0.15) is 24.5 Å². The predicted octanol–water partition coefficient (Wildman–Crippen LogP) is 5.70. The molecule has 21 heavy (non-hydrogen) atoms. The van der Waals surface area contributed by atoms with Gasteiger partial charge < -0.3 is 10.1 Å². The van der Waals surface area contributed by atoms with Crippen molar-refractivity contribution >= 4 is 28.9 Å². The summed E-state index contributed by atoms with van der Waals surface area (Å²) in [6.45, 7) is 5.49. The van der Waals surface area contributed by atoms with Gasteiger partial charge in [0.1, 0.15) is 5.75 Å². The number of hydrogen-bond donors (Lipinski definition) is 1. The molecule has 0 fully saturated rings. The third-order valence-electron chi connectivity index (χ3n) is 3.14. The Morgan fingerprint density at radius 1 is 1.10 bits per heavy atom. The summed E-state index contributed by atoms with van der Waals surface area (Å²) in [5.74, 6) is 0.737. The highest BCUT2D eigenvalue weighted by atomic mass is 35.5. The molecule has 2 rings (SSSR count). The molecule has 0 aliphatic carbocycles. The van der Waals surface area contributed by atoms with Gasteiger partial charge in [-0.3, -0.25) is 0 Å². The zero-order chi connectivity index (χ0) is 15.2. The smallest absolute Gasteiger partial charge is 0.137 e. The molecule has 0 amide bonds. The van der Waals surface area contributed by atoms with Crippen LogP contribution < -0.4 is 10.1 Å². The SMILES string of the molecule is CCCOc1ccc(CNc2cc(Cl)ccc2C)cc1Cl. The maximum Gasteiger partial charge on any atom is 0.137 e. The molecule has 0 radical (unpaired) electrons. The number of hydrogen-bond acceptors (Lipinski definition) is 2. The topological polar surface area (TPSA) is 21.3 Å². The summed E-state index contributed by atoms with van der Waals surface area (Å²) < 4.78 is 5.57. The van der Waals surface area contributed by atoms with E-state index in [1.165, 1.54) is 0 Å². The molecule has 2 nitrogen and oxygen atoms in total. The van der Waals surface area contributed by atoms with Gasteiger partial charge in [0.2, 0.25) is 0 Å². The van der Waals surface area contributed by atoms with Crippen LogP contribution in [-0.4, -0.2) is 6.61 Å². The van der Waals surface area contributed by atoms with Gasteiger partial charge in [-0.25, -0.2) is 0 Å². The molecule has 2 aromatic rings. The van der Waals surface area contributed by atoms with Crippen LogP contribution in [0.15, 0.2) is 36.4 Å². The van der Waals surface area contributed by atoms with Crippen LogP contribution in [0, 0.1) is 6.92 Å². The fourth-order valence-electron chi connectivity index (χ4n) is 1.97. The molecule has 0 aromatic heterocycles. The Morgan fingerprint density at radius 3 is 2.62 bits per heavy atom. The third kappa shape index (κ3) is 4.55. The number of nitrogens with one attached hydrogen (secondary N) is 1. The second-order valence-electron chi connectivity index (χ2n) is 4.93. The Labute approximate surface area is 136 Å². The van der Waals surface area contributed by atoms with E-state index in [1.54, 1.807) is 0 Å². The van der Waals surface area contributed by atoms with Crippen LogP contribution in [0.4, 0.5) is 5.69 Å². The number of ether oxygens (including phenoxy) is 1. The molecule has 0 aliphatic heterocycles. The largest absolute Gasteiger partial charge is 0.492 e. The van der Waals surface area contributed by atoms with E-state index in [2.05, 4.69) is 12.2 Å². The standard InChI is InChI=1S/C17H19Cl2NO/c1-3-8-21-17-7-5-13(9-15(17)19)11-20-16-10-14(18)6-4-12(16)2/h4-7,9-10,20H,3,8,11H2,1-2H3. The molecule has 1 N–H and O–H groups in total. The Kier molecular flexibility index (Phi) is 5.77. The van der Waals surface area contributed by atoms with Crippen molar-refractivity contribution in [3.8, 4) is 5.75 Å². The van der Waals surface area contributed by atoms with Crippen LogP contribution >= 0.6 is 23.2 Å². The second-order valence-corrected chi connectivity index (χ2v) is 5.77. The number of aryl methyl sites for hydroxylation is 1. The average molecular weight is 324 g/mol. The molecule has 0 bridgehead atoms. The lowest BCUT2D eigenvalue weighted by Crippen LogP contribution is -2.02. The molecule has 0 saturated heterocycles. The number of anilines is 1. The molecule has 0 aliphatic rings. The molecule has 0 heterocycles. The minimum absolute atomic E-state index is 0.644. The summed E-state index contributed by atoms with van der Waals surface area (Å²) in [5, 5.41) is 4.75. The molecule has 0 atom stereocenters. The van der Waals surface area contributed by atoms with E-state index < -0.39 is 0 Å². The Balaban J connectivity index is 2.03. The highest BCUT2D eigenvalue weighted by Gasteiger charge is 2.04. The Hall–Kier alpha value is -1.38. The lowest BCUT2D eigenvalue weighted by Gasteiger charge is -2.12. The number of benzene rings is 2. The van der Waals surface area contributed by atoms with Gasteiger partial charge in [0.25, 0.3) is 0 Å². The molecular formula is C17H19Cl2NO. The van der Waals surface area contributed by atoms with Gasteiger partial charge in [-0.2, -0.15) is 0 Å². The fourth-order valence-corrected chi connectivity index (χ4v) is 2.40. The summed E-state index contributed by atoms with van der Waals surface area (Å²) in [6.07, 6.45) is 0.966. The first-order chi connectivity index (χ1) is 10.1. The van der Waals surface area contributed by atoms with E-state index in [0.717, 1.165) is 34.0 Å². The van der Waals surface area contributed by atoms with Crippen molar-refractivity contribution in [2.75, 3.05) is 11.9 Å². The summed E-state index contributed by atoms with van der Waals surface area (Å²) in [6, 6.07) is 11.7. The lowest BCUT2D eigenvalue weighted by molar-refractivity contribution is 0.317. The molecule has 0 spiro atoms. The van der Waals surface area contributed by atoms with E-state index in [0.29, 0.717) is 18.2 Å². The van der Waals surface area contributed by atoms with Crippen molar-refractivity contribution in [2.24, 2.45) is 0 Å². The second kappa shape index (κ2) is 7.58. The van der Waals surface area contributed by atoms with Crippen molar-refractivity contribution in [3.05, 3.63) is 57.6 Å². The van der Waals surface area contributed by atoms with Crippen molar-refractivity contribution in [1.82, 2.24) is 0 Å². The van der Waals surface area contributed by atoms with E-state index in [9.17, 15) is 0 Å². The number of rotatable bonds is 6. The molecule has 2 aromatic carbocycles. The highest BCUT2D eigenvalue weighted by Crippen LogP contribution is 2.26. The minimum Gasteiger partial charge on any atom is -0.492 e. The summed E-state index contributed by atoms with van der Waals surface area (Å²) in [7, 11) is 0. The van der Waals surface area contributed by atoms with E-state index >= 15 is 0 Å². The summed E-state index contributed by atoms with van der Waals surface area (Å²) in [4.78, 5) is 0. The van der Waals surface area contributed by atoms with Gasteiger partial charge in [0, 0.05) is 17.3 Å². The fraction of sp³-hybridized carbons (Fsp3) is 0.294. The quantitative estimate of drug-likeness (QED) is 0.735. The first-order valence-electron chi connectivity index (χ1n) is 7.01. The summed E-state index contributed by atoms with van der Waals surface area (Å²) >= 11 is 12.2. The number of halogens is 2. The van der Waals surface area contributed by atoms with Gasteiger partial charge in [-0.15, -0.1) is 0 Å². The monoisotopic (exact) mass is 323 g/mol. The van der Waals surface area contributed by atoms with E-state index in [1.807, 2.05) is 43.3 Å². The van der Waals surface area contributed by atoms with Gasteiger partial charge in [-0.05, 0) is 48.7 Å². The zero-order valence-corrected chi connectivity index (χ0v) is 13.8. The van der Waals surface area contributed by atoms with Gasteiger partial charge in [-0.1, -0.05) is 42.3 Å². The Bertz CT molecular complexity index is 614. The average Bonchev–Trinajstić information content (AvgIpc) is 2.47. The predicted molar refractivity (Wildman–Crippen MR) is 90.8 cm³/mol. The van der Waals surface area contributed by atoms with Crippen molar-refractivity contribution in [2.45, 2.75) is 26.8 Å². The summed E-state index contributed by atoms with van der Waals surface area (Å²) in [5.41, 5.74) is 3.29. The first-order valence-corrected chi connectivity index (χ1v) is 7.77. The molecule has 0 unspecified atom stereocenters. The van der Waals surface area contributed by atoms with E-state index in [4.69, 9.17) is 27.9 Å². The lowest BCUT2D eigenvalue weighted by atomic mass is 10.1. The van der Waals surface area contributed by atoms with Gasteiger partial charge >= 0.3 is 0 Å². The van der Waals surface area contributed by atoms with Crippen molar-refractivity contribution < 1.29 is 4.74 Å². The molecule has 112 valence electrons. The minimum atomic E-state index is 0.644. The van der Waals surface area contributed by atoms with Crippen LogP contribution in [-0.2, 0) is 6.54 Å². The maximum atomic E-state index is 6.23. The van der Waals surface area contributed by atoms with Crippen LogP contribution in [0.5, 0.6) is 5.75 Å². The molecule has 4 heteroatoms. The molecular weight excluding hydrogens is 305 g/mol. The van der Waals surface area contributed by atoms with Crippen LogP contribution in [0.25, 0.3) is 0 Å². The molecule has 0 saturated carbocycles. The van der Waals surface area contributed by atoms with Crippen molar-refractivity contribution in [3.63, 3.8) is 0 Å². The Morgan fingerprint density at radius 2 is 1.90 bits per heavy atom.